The molecule has 3 aromatic rings. The maximum absolute atomic E-state index is 14.8. The number of hydrogen-bond donors (Lipinski definition) is 2. The predicted molar refractivity (Wildman–Crippen MR) is 103 cm³/mol. The number of benzene rings is 2. The van der Waals surface area contributed by atoms with Crippen LogP contribution in [0.25, 0.3) is 22.0 Å². The van der Waals surface area contributed by atoms with Crippen molar-refractivity contribution in [3.8, 4) is 22.8 Å². The van der Waals surface area contributed by atoms with Crippen molar-refractivity contribution in [2.75, 3.05) is 21.3 Å². The number of halogens is 2. The zero-order valence-electron chi connectivity index (χ0n) is 15.7. The number of hydrogen-bond acceptors (Lipinski definition) is 5. The smallest absolute Gasteiger partial charge is 0.272 e. The molecule has 0 saturated carbocycles. The molecule has 1 unspecified atom stereocenters. The first-order valence-electron chi connectivity index (χ1n) is 8.22. The molecule has 1 aromatic heterocycles. The third-order valence-corrected chi connectivity index (χ3v) is 5.03. The molecule has 8 nitrogen and oxygen atoms in total. The Labute approximate surface area is 166 Å². The van der Waals surface area contributed by atoms with Crippen molar-refractivity contribution in [3.05, 3.63) is 51.8 Å². The molecule has 2 aromatic carbocycles. The van der Waals surface area contributed by atoms with Crippen molar-refractivity contribution < 1.29 is 27.0 Å². The molecule has 0 radical (unpaired) electrons. The molecule has 0 aliphatic carbocycles. The molecule has 0 amide bonds. The molecule has 0 fully saturated rings. The maximum atomic E-state index is 14.8. The summed E-state index contributed by atoms with van der Waals surface area (Å²) < 4.78 is 60.8. The Morgan fingerprint density at radius 3 is 2.34 bits per heavy atom. The summed E-state index contributed by atoms with van der Waals surface area (Å²) in [4.78, 5) is 12.2. The number of H-pyrrole nitrogens is 1. The largest absolute Gasteiger partial charge is 0.493 e. The van der Waals surface area contributed by atoms with Crippen molar-refractivity contribution in [2.45, 2.75) is 6.54 Å². The highest BCUT2D eigenvalue weighted by atomic mass is 32.2. The third kappa shape index (κ3) is 3.84. The van der Waals surface area contributed by atoms with E-state index < -0.39 is 28.5 Å². The van der Waals surface area contributed by atoms with E-state index in [-0.39, 0.29) is 34.1 Å². The molecule has 0 aliphatic heterocycles. The van der Waals surface area contributed by atoms with Crippen LogP contribution in [0.5, 0.6) is 11.5 Å². The van der Waals surface area contributed by atoms with E-state index in [1.807, 2.05) is 0 Å². The van der Waals surface area contributed by atoms with Crippen LogP contribution in [-0.4, -0.2) is 44.5 Å². The minimum absolute atomic E-state index is 0.00240. The summed E-state index contributed by atoms with van der Waals surface area (Å²) in [5, 5.41) is 6.56. The summed E-state index contributed by atoms with van der Waals surface area (Å²) >= 11 is -2.33. The molecule has 3 rings (SSSR count). The van der Waals surface area contributed by atoms with Crippen molar-refractivity contribution in [1.82, 2.24) is 14.5 Å². The summed E-state index contributed by atoms with van der Waals surface area (Å²) in [7, 11) is 4.10. The van der Waals surface area contributed by atoms with E-state index in [1.54, 1.807) is 0 Å². The summed E-state index contributed by atoms with van der Waals surface area (Å²) in [6, 6.07) is 5.46. The molecular formula is C18H17F2N3O5S. The fraction of sp³-hybridized carbons (Fsp3) is 0.222. The fourth-order valence-electron chi connectivity index (χ4n) is 2.88. The number of nitrogens with one attached hydrogen (secondary N) is 1. The van der Waals surface area contributed by atoms with Crippen molar-refractivity contribution in [2.24, 2.45) is 0 Å². The number of aromatic nitrogens is 2. The second kappa shape index (κ2) is 8.23. The van der Waals surface area contributed by atoms with Crippen LogP contribution in [0, 0.1) is 11.6 Å². The second-order valence-electron chi connectivity index (χ2n) is 6.07. The number of ether oxygens (including phenoxy) is 2. The van der Waals surface area contributed by atoms with Gasteiger partial charge in [-0.05, 0) is 18.2 Å². The SMILES string of the molecule is COc1cc2c(-c3ccc(CN(C)S(=O)O)c(F)c3F)n[nH]c(=O)c2cc1OC. The standard InChI is InChI=1S/C18H17F2N3O5S/c1-23(29(25)26)8-9-4-5-10(16(20)15(9)19)17-11-6-13(27-2)14(28-3)7-12(11)18(24)22-21-17/h4-7H,8H2,1-3H3,(H,22,24)(H,25,26). The van der Waals surface area contributed by atoms with E-state index in [1.165, 1.54) is 45.5 Å². The van der Waals surface area contributed by atoms with Crippen LogP contribution in [0.15, 0.2) is 29.1 Å². The van der Waals surface area contributed by atoms with E-state index in [9.17, 15) is 17.8 Å². The first-order chi connectivity index (χ1) is 13.8. The van der Waals surface area contributed by atoms with Crippen LogP contribution in [0.4, 0.5) is 8.78 Å². The first-order valence-corrected chi connectivity index (χ1v) is 9.28. The summed E-state index contributed by atoms with van der Waals surface area (Å²) in [6.45, 7) is -0.281. The molecule has 0 bridgehead atoms. The van der Waals surface area contributed by atoms with Gasteiger partial charge in [-0.1, -0.05) is 6.07 Å². The molecule has 11 heteroatoms. The molecule has 0 spiro atoms. The Balaban J connectivity index is 2.21. The number of fused-ring (bicyclic) bond motifs is 1. The molecule has 154 valence electrons. The van der Waals surface area contributed by atoms with E-state index in [0.29, 0.717) is 11.5 Å². The topological polar surface area (TPSA) is 105 Å². The summed E-state index contributed by atoms with van der Waals surface area (Å²) in [5.74, 6) is -1.79. The molecule has 0 saturated heterocycles. The van der Waals surface area contributed by atoms with Crippen LogP contribution >= 0.6 is 0 Å². The maximum Gasteiger partial charge on any atom is 0.272 e. The van der Waals surface area contributed by atoms with Crippen LogP contribution in [-0.2, 0) is 17.8 Å². The average Bonchev–Trinajstić information content (AvgIpc) is 2.71. The Morgan fingerprint density at radius 1 is 1.14 bits per heavy atom. The molecule has 1 atom stereocenters. The lowest BCUT2D eigenvalue weighted by Gasteiger charge is -2.14. The van der Waals surface area contributed by atoms with Crippen LogP contribution in [0.3, 0.4) is 0 Å². The number of methoxy groups -OCH3 is 2. The van der Waals surface area contributed by atoms with Gasteiger partial charge in [0.05, 0.1) is 19.6 Å². The van der Waals surface area contributed by atoms with E-state index in [2.05, 4.69) is 10.2 Å². The summed E-state index contributed by atoms with van der Waals surface area (Å²) in [5.41, 5.74) is -0.825. The van der Waals surface area contributed by atoms with E-state index in [4.69, 9.17) is 14.0 Å². The van der Waals surface area contributed by atoms with E-state index in [0.717, 1.165) is 4.31 Å². The molecule has 1 heterocycles. The van der Waals surface area contributed by atoms with Gasteiger partial charge in [0.15, 0.2) is 23.1 Å². The minimum atomic E-state index is -2.33. The lowest BCUT2D eigenvalue weighted by molar-refractivity contribution is 0.356. The number of nitrogens with zero attached hydrogens (tertiary/aromatic N) is 2. The Bertz CT molecular complexity index is 1170. The molecular weight excluding hydrogens is 408 g/mol. The predicted octanol–water partition coefficient (Wildman–Crippen LogP) is 2.45. The van der Waals surface area contributed by atoms with Gasteiger partial charge in [0.2, 0.25) is 11.3 Å². The number of rotatable bonds is 6. The fourth-order valence-corrected chi connectivity index (χ4v) is 3.13. The lowest BCUT2D eigenvalue weighted by Crippen LogP contribution is -2.20. The van der Waals surface area contributed by atoms with E-state index >= 15 is 0 Å². The van der Waals surface area contributed by atoms with Gasteiger partial charge >= 0.3 is 0 Å². The van der Waals surface area contributed by atoms with Gasteiger partial charge in [-0.15, -0.1) is 0 Å². The van der Waals surface area contributed by atoms with Gasteiger partial charge in [-0.2, -0.15) is 9.40 Å². The zero-order chi connectivity index (χ0) is 21.3. The Morgan fingerprint density at radius 2 is 1.76 bits per heavy atom. The molecule has 0 aliphatic rings. The lowest BCUT2D eigenvalue weighted by atomic mass is 10.0. The van der Waals surface area contributed by atoms with Gasteiger partial charge < -0.3 is 9.47 Å². The normalized spacial score (nSPS) is 12.4. The Hall–Kier alpha value is -2.89. The van der Waals surface area contributed by atoms with Gasteiger partial charge in [0, 0.05) is 30.1 Å². The van der Waals surface area contributed by atoms with Crippen LogP contribution in [0.2, 0.25) is 0 Å². The quantitative estimate of drug-likeness (QED) is 0.588. The van der Waals surface area contributed by atoms with Gasteiger partial charge in [-0.25, -0.2) is 18.1 Å². The van der Waals surface area contributed by atoms with Gasteiger partial charge in [-0.3, -0.25) is 9.35 Å². The van der Waals surface area contributed by atoms with Crippen molar-refractivity contribution in [3.63, 3.8) is 0 Å². The zero-order valence-corrected chi connectivity index (χ0v) is 16.5. The monoisotopic (exact) mass is 425 g/mol. The Kier molecular flexibility index (Phi) is 5.91. The van der Waals surface area contributed by atoms with Gasteiger partial charge in [0.1, 0.15) is 5.69 Å². The van der Waals surface area contributed by atoms with Crippen LogP contribution < -0.4 is 15.0 Å². The van der Waals surface area contributed by atoms with Crippen molar-refractivity contribution in [1.29, 1.82) is 0 Å². The highest BCUT2D eigenvalue weighted by Crippen LogP contribution is 2.36. The minimum Gasteiger partial charge on any atom is -0.493 e. The first kappa shape index (κ1) is 20.8. The third-order valence-electron chi connectivity index (χ3n) is 4.37. The number of aromatic amines is 1. The molecule has 2 N–H and O–H groups in total. The molecule has 29 heavy (non-hydrogen) atoms. The van der Waals surface area contributed by atoms with Crippen molar-refractivity contribution >= 4 is 22.0 Å². The summed E-state index contributed by atoms with van der Waals surface area (Å²) in [6.07, 6.45) is 0. The second-order valence-corrected chi connectivity index (χ2v) is 7.16. The highest BCUT2D eigenvalue weighted by molar-refractivity contribution is 7.76. The average molecular weight is 425 g/mol. The van der Waals surface area contributed by atoms with Gasteiger partial charge in [0.25, 0.3) is 5.56 Å². The highest BCUT2D eigenvalue weighted by Gasteiger charge is 2.21. The van der Waals surface area contributed by atoms with Crippen LogP contribution in [0.1, 0.15) is 5.56 Å².